The van der Waals surface area contributed by atoms with E-state index in [4.69, 9.17) is 16.3 Å². The van der Waals surface area contributed by atoms with Gasteiger partial charge in [0.15, 0.2) is 0 Å². The van der Waals surface area contributed by atoms with Crippen LogP contribution in [0.2, 0.25) is 5.02 Å². The quantitative estimate of drug-likeness (QED) is 0.767. The van der Waals surface area contributed by atoms with E-state index < -0.39 is 0 Å². The second-order valence-corrected chi connectivity index (χ2v) is 5.68. The molecule has 24 heavy (non-hydrogen) atoms. The van der Waals surface area contributed by atoms with Crippen molar-refractivity contribution in [3.8, 4) is 5.75 Å². The molecule has 1 heterocycles. The number of nitrogens with zero attached hydrogens (tertiary/aromatic N) is 2. The molecule has 1 N–H and O–H groups in total. The predicted octanol–water partition coefficient (Wildman–Crippen LogP) is 3.85. The van der Waals surface area contributed by atoms with Crippen LogP contribution in [0.3, 0.4) is 0 Å². The fraction of sp³-hybridized carbons (Fsp3) is 0.111. The van der Waals surface area contributed by atoms with Gasteiger partial charge in [-0.15, -0.1) is 0 Å². The normalized spacial score (nSPS) is 10.4. The molecular formula is C18H16ClN3O2. The third-order valence-corrected chi connectivity index (χ3v) is 3.71. The summed E-state index contributed by atoms with van der Waals surface area (Å²) < 4.78 is 6.83. The first kappa shape index (κ1) is 16.1. The van der Waals surface area contributed by atoms with Crippen molar-refractivity contribution in [3.63, 3.8) is 0 Å². The molecule has 0 aliphatic carbocycles. The molecule has 0 fully saturated rings. The number of aromatic nitrogens is 2. The number of benzene rings is 2. The summed E-state index contributed by atoms with van der Waals surface area (Å²) in [4.78, 5) is 12.2. The van der Waals surface area contributed by atoms with Crippen LogP contribution in [-0.4, -0.2) is 22.8 Å². The first-order chi connectivity index (χ1) is 11.6. The number of anilines is 1. The first-order valence-electron chi connectivity index (χ1n) is 7.36. The van der Waals surface area contributed by atoms with E-state index in [9.17, 15) is 4.79 Å². The van der Waals surface area contributed by atoms with Crippen molar-refractivity contribution in [1.82, 2.24) is 9.78 Å². The Morgan fingerprint density at radius 3 is 2.75 bits per heavy atom. The maximum atomic E-state index is 12.2. The molecule has 3 rings (SSSR count). The van der Waals surface area contributed by atoms with Gasteiger partial charge < -0.3 is 10.1 Å². The molecule has 5 nitrogen and oxygen atoms in total. The average Bonchev–Trinajstić information content (AvgIpc) is 3.02. The second kappa shape index (κ2) is 7.19. The average molecular weight is 342 g/mol. The number of methoxy groups -OCH3 is 1. The van der Waals surface area contributed by atoms with Gasteiger partial charge in [-0.05, 0) is 42.0 Å². The van der Waals surface area contributed by atoms with Crippen LogP contribution in [-0.2, 0) is 6.54 Å². The van der Waals surface area contributed by atoms with Gasteiger partial charge in [-0.2, -0.15) is 5.10 Å². The molecule has 0 saturated carbocycles. The number of hydrogen-bond acceptors (Lipinski definition) is 3. The minimum absolute atomic E-state index is 0.194. The summed E-state index contributed by atoms with van der Waals surface area (Å²) in [6.07, 6.45) is 3.40. The van der Waals surface area contributed by atoms with Crippen LogP contribution in [0.25, 0.3) is 0 Å². The van der Waals surface area contributed by atoms with Gasteiger partial charge in [0.25, 0.3) is 5.91 Å². The summed E-state index contributed by atoms with van der Waals surface area (Å²) in [7, 11) is 1.59. The van der Waals surface area contributed by atoms with Crippen LogP contribution < -0.4 is 10.1 Å². The number of halogens is 1. The lowest BCUT2D eigenvalue weighted by molar-refractivity contribution is 0.102. The van der Waals surface area contributed by atoms with E-state index in [1.54, 1.807) is 48.5 Å². The molecule has 122 valence electrons. The molecule has 0 saturated heterocycles. The lowest BCUT2D eigenvalue weighted by Gasteiger charge is -2.04. The molecule has 3 aromatic rings. The van der Waals surface area contributed by atoms with Gasteiger partial charge in [-0.25, -0.2) is 0 Å². The molecule has 6 heteroatoms. The minimum Gasteiger partial charge on any atom is -0.497 e. The van der Waals surface area contributed by atoms with Gasteiger partial charge in [-0.3, -0.25) is 9.48 Å². The lowest BCUT2D eigenvalue weighted by atomic mass is 10.2. The monoisotopic (exact) mass is 341 g/mol. The smallest absolute Gasteiger partial charge is 0.255 e. The largest absolute Gasteiger partial charge is 0.497 e. The molecule has 1 amide bonds. The first-order valence-corrected chi connectivity index (χ1v) is 7.74. The highest BCUT2D eigenvalue weighted by molar-refractivity contribution is 6.30. The van der Waals surface area contributed by atoms with Crippen LogP contribution in [0.15, 0.2) is 60.9 Å². The zero-order chi connectivity index (χ0) is 16.9. The molecule has 0 atom stereocenters. The van der Waals surface area contributed by atoms with Crippen molar-refractivity contribution in [1.29, 1.82) is 0 Å². The van der Waals surface area contributed by atoms with E-state index in [2.05, 4.69) is 10.4 Å². The van der Waals surface area contributed by atoms with E-state index in [0.717, 1.165) is 5.56 Å². The van der Waals surface area contributed by atoms with Crippen molar-refractivity contribution in [2.75, 3.05) is 12.4 Å². The number of carbonyl (C=O) groups is 1. The van der Waals surface area contributed by atoms with E-state index >= 15 is 0 Å². The van der Waals surface area contributed by atoms with Crippen molar-refractivity contribution in [2.45, 2.75) is 6.54 Å². The maximum Gasteiger partial charge on any atom is 0.255 e. The molecule has 0 radical (unpaired) electrons. The number of ether oxygens (including phenoxy) is 1. The SMILES string of the molecule is COc1ccc(C(=O)Nc2cnn(Cc3cccc(Cl)c3)c2)cc1. The zero-order valence-corrected chi connectivity index (χ0v) is 13.8. The summed E-state index contributed by atoms with van der Waals surface area (Å²) in [6, 6.07) is 14.5. The fourth-order valence-corrected chi connectivity index (χ4v) is 2.50. The van der Waals surface area contributed by atoms with Gasteiger partial charge in [-0.1, -0.05) is 23.7 Å². The standard InChI is InChI=1S/C18H16ClN3O2/c1-24-17-7-5-14(6-8-17)18(23)21-16-10-20-22(12-16)11-13-3-2-4-15(19)9-13/h2-10,12H,11H2,1H3,(H,21,23). The summed E-state index contributed by atoms with van der Waals surface area (Å²) >= 11 is 5.98. The van der Waals surface area contributed by atoms with Crippen LogP contribution in [0.1, 0.15) is 15.9 Å². The molecule has 1 aromatic heterocycles. The highest BCUT2D eigenvalue weighted by Gasteiger charge is 2.08. The van der Waals surface area contributed by atoms with Crippen molar-refractivity contribution >= 4 is 23.2 Å². The van der Waals surface area contributed by atoms with Gasteiger partial charge in [0.2, 0.25) is 0 Å². The lowest BCUT2D eigenvalue weighted by Crippen LogP contribution is -2.11. The molecule has 0 aliphatic rings. The van der Waals surface area contributed by atoms with Gasteiger partial charge in [0.1, 0.15) is 5.75 Å². The van der Waals surface area contributed by atoms with E-state index in [-0.39, 0.29) is 5.91 Å². The Morgan fingerprint density at radius 1 is 1.25 bits per heavy atom. The Hall–Kier alpha value is -2.79. The Labute approximate surface area is 144 Å². The Morgan fingerprint density at radius 2 is 2.04 bits per heavy atom. The van der Waals surface area contributed by atoms with Crippen molar-refractivity contribution < 1.29 is 9.53 Å². The molecule has 0 aliphatic heterocycles. The predicted molar refractivity (Wildman–Crippen MR) is 93.7 cm³/mol. The summed E-state index contributed by atoms with van der Waals surface area (Å²) in [5.41, 5.74) is 2.23. The minimum atomic E-state index is -0.194. The number of rotatable bonds is 5. The summed E-state index contributed by atoms with van der Waals surface area (Å²) in [6.45, 7) is 0.582. The molecular weight excluding hydrogens is 326 g/mol. The number of carbonyl (C=O) groups excluding carboxylic acids is 1. The van der Waals surface area contributed by atoms with Crippen molar-refractivity contribution in [3.05, 3.63) is 77.1 Å². The second-order valence-electron chi connectivity index (χ2n) is 5.24. The van der Waals surface area contributed by atoms with Crippen LogP contribution in [0.5, 0.6) is 5.75 Å². The highest BCUT2D eigenvalue weighted by Crippen LogP contribution is 2.15. The Balaban J connectivity index is 1.65. The van der Waals surface area contributed by atoms with E-state index in [0.29, 0.717) is 28.6 Å². The topological polar surface area (TPSA) is 56.1 Å². The summed E-state index contributed by atoms with van der Waals surface area (Å²) in [5.74, 6) is 0.515. The van der Waals surface area contributed by atoms with Crippen LogP contribution in [0, 0.1) is 0 Å². The number of amides is 1. The van der Waals surface area contributed by atoms with Crippen molar-refractivity contribution in [2.24, 2.45) is 0 Å². The summed E-state index contributed by atoms with van der Waals surface area (Å²) in [5, 5.41) is 7.77. The third-order valence-electron chi connectivity index (χ3n) is 3.48. The Bertz CT molecular complexity index is 843. The van der Waals surface area contributed by atoms with E-state index in [1.165, 1.54) is 0 Å². The molecule has 0 bridgehead atoms. The Kier molecular flexibility index (Phi) is 4.82. The molecule has 0 spiro atoms. The number of hydrogen-bond donors (Lipinski definition) is 1. The van der Waals surface area contributed by atoms with Crippen LogP contribution in [0.4, 0.5) is 5.69 Å². The van der Waals surface area contributed by atoms with E-state index in [1.807, 2.05) is 24.3 Å². The van der Waals surface area contributed by atoms with Gasteiger partial charge in [0, 0.05) is 16.8 Å². The van der Waals surface area contributed by atoms with Gasteiger partial charge >= 0.3 is 0 Å². The molecule has 2 aromatic carbocycles. The maximum absolute atomic E-state index is 12.2. The zero-order valence-electron chi connectivity index (χ0n) is 13.1. The fourth-order valence-electron chi connectivity index (χ4n) is 2.28. The third kappa shape index (κ3) is 3.94. The van der Waals surface area contributed by atoms with Crippen LogP contribution >= 0.6 is 11.6 Å². The highest BCUT2D eigenvalue weighted by atomic mass is 35.5. The van der Waals surface area contributed by atoms with Gasteiger partial charge in [0.05, 0.1) is 25.5 Å². The number of nitrogens with one attached hydrogen (secondary N) is 1. The molecule has 0 unspecified atom stereocenters.